The largest absolute Gasteiger partial charge is 0.390 e. The van der Waals surface area contributed by atoms with Crippen LogP contribution in [0.4, 0.5) is 0 Å². The second kappa shape index (κ2) is 4.57. The molecule has 0 amide bonds. The lowest BCUT2D eigenvalue weighted by molar-refractivity contribution is -0.0722. The van der Waals surface area contributed by atoms with Gasteiger partial charge in [-0.1, -0.05) is 32.6 Å². The standard InChI is InChI=1S/C16H28O/c1-2-15-5-3-4-8-16(15,17)11-14-10-12-6-7-13(14)9-12/h12-15,17H,2-11H2,1H3. The normalized spacial score (nSPS) is 49.8. The number of hydrogen-bond donors (Lipinski definition) is 1. The van der Waals surface area contributed by atoms with Crippen LogP contribution in [-0.4, -0.2) is 10.7 Å². The van der Waals surface area contributed by atoms with Gasteiger partial charge in [0, 0.05) is 0 Å². The summed E-state index contributed by atoms with van der Waals surface area (Å²) in [6, 6.07) is 0. The Labute approximate surface area is 106 Å². The van der Waals surface area contributed by atoms with Crippen molar-refractivity contribution in [1.29, 1.82) is 0 Å². The Kier molecular flexibility index (Phi) is 3.23. The molecule has 0 aromatic heterocycles. The Morgan fingerprint density at radius 3 is 2.65 bits per heavy atom. The van der Waals surface area contributed by atoms with Crippen LogP contribution < -0.4 is 0 Å². The fourth-order valence-electron chi connectivity index (χ4n) is 5.23. The summed E-state index contributed by atoms with van der Waals surface area (Å²) >= 11 is 0. The topological polar surface area (TPSA) is 20.2 Å². The smallest absolute Gasteiger partial charge is 0.0678 e. The van der Waals surface area contributed by atoms with Gasteiger partial charge in [0.1, 0.15) is 0 Å². The molecule has 5 unspecified atom stereocenters. The van der Waals surface area contributed by atoms with Crippen molar-refractivity contribution in [3.05, 3.63) is 0 Å². The minimum atomic E-state index is -0.290. The Bertz CT molecular complexity index is 275. The zero-order chi connectivity index (χ0) is 11.9. The van der Waals surface area contributed by atoms with Crippen LogP contribution in [0.25, 0.3) is 0 Å². The number of aliphatic hydroxyl groups is 1. The van der Waals surface area contributed by atoms with Gasteiger partial charge in [-0.3, -0.25) is 0 Å². The van der Waals surface area contributed by atoms with Crippen LogP contribution in [0.3, 0.4) is 0 Å². The highest BCUT2D eigenvalue weighted by Crippen LogP contribution is 2.53. The minimum absolute atomic E-state index is 0.290. The highest BCUT2D eigenvalue weighted by atomic mass is 16.3. The van der Waals surface area contributed by atoms with E-state index in [4.69, 9.17) is 0 Å². The summed E-state index contributed by atoms with van der Waals surface area (Å²) in [5.41, 5.74) is -0.290. The minimum Gasteiger partial charge on any atom is -0.390 e. The summed E-state index contributed by atoms with van der Waals surface area (Å²) in [5.74, 6) is 3.46. The van der Waals surface area contributed by atoms with E-state index in [0.717, 1.165) is 30.6 Å². The number of fused-ring (bicyclic) bond motifs is 2. The molecule has 17 heavy (non-hydrogen) atoms. The maximum absolute atomic E-state index is 11.0. The monoisotopic (exact) mass is 236 g/mol. The highest BCUT2D eigenvalue weighted by Gasteiger charge is 2.46. The van der Waals surface area contributed by atoms with Crippen LogP contribution in [0.2, 0.25) is 0 Å². The van der Waals surface area contributed by atoms with Gasteiger partial charge in [-0.2, -0.15) is 0 Å². The first-order valence-electron chi connectivity index (χ1n) is 7.93. The first-order valence-corrected chi connectivity index (χ1v) is 7.93. The Morgan fingerprint density at radius 1 is 1.12 bits per heavy atom. The van der Waals surface area contributed by atoms with E-state index in [0.29, 0.717) is 5.92 Å². The summed E-state index contributed by atoms with van der Waals surface area (Å²) in [6.07, 6.45) is 13.1. The fourth-order valence-corrected chi connectivity index (χ4v) is 5.23. The van der Waals surface area contributed by atoms with Gasteiger partial charge < -0.3 is 5.11 Å². The molecule has 0 spiro atoms. The average Bonchev–Trinajstić information content (AvgIpc) is 2.91. The summed E-state index contributed by atoms with van der Waals surface area (Å²) in [4.78, 5) is 0. The molecule has 0 saturated heterocycles. The molecule has 5 atom stereocenters. The van der Waals surface area contributed by atoms with Crippen LogP contribution in [0.5, 0.6) is 0 Å². The molecule has 3 saturated carbocycles. The predicted molar refractivity (Wildman–Crippen MR) is 70.8 cm³/mol. The Balaban J connectivity index is 1.66. The van der Waals surface area contributed by atoms with E-state index < -0.39 is 0 Å². The van der Waals surface area contributed by atoms with Crippen LogP contribution in [-0.2, 0) is 0 Å². The second-order valence-corrected chi connectivity index (χ2v) is 7.09. The molecule has 3 rings (SSSR count). The molecular weight excluding hydrogens is 208 g/mol. The highest BCUT2D eigenvalue weighted by molar-refractivity contribution is 4.97. The maximum atomic E-state index is 11.0. The first-order chi connectivity index (χ1) is 8.21. The second-order valence-electron chi connectivity index (χ2n) is 7.09. The lowest BCUT2D eigenvalue weighted by atomic mass is 9.68. The van der Waals surface area contributed by atoms with Gasteiger partial charge in [-0.15, -0.1) is 0 Å². The van der Waals surface area contributed by atoms with Gasteiger partial charge in [0.05, 0.1) is 5.60 Å². The molecule has 0 aromatic carbocycles. The quantitative estimate of drug-likeness (QED) is 0.780. The van der Waals surface area contributed by atoms with Crippen molar-refractivity contribution in [3.8, 4) is 0 Å². The number of rotatable bonds is 3. The SMILES string of the molecule is CCC1CCCCC1(O)CC1CC2CCC1C2. The van der Waals surface area contributed by atoms with Crippen molar-refractivity contribution < 1.29 is 5.11 Å². The van der Waals surface area contributed by atoms with Crippen molar-refractivity contribution in [2.24, 2.45) is 23.7 Å². The van der Waals surface area contributed by atoms with Crippen molar-refractivity contribution in [1.82, 2.24) is 0 Å². The third-order valence-electron chi connectivity index (χ3n) is 6.17. The molecule has 0 radical (unpaired) electrons. The van der Waals surface area contributed by atoms with E-state index >= 15 is 0 Å². The zero-order valence-corrected chi connectivity index (χ0v) is 11.3. The molecule has 3 aliphatic rings. The van der Waals surface area contributed by atoms with E-state index in [2.05, 4.69) is 6.92 Å². The van der Waals surface area contributed by atoms with Gasteiger partial charge in [0.15, 0.2) is 0 Å². The van der Waals surface area contributed by atoms with E-state index in [1.54, 1.807) is 0 Å². The van der Waals surface area contributed by atoms with E-state index in [1.807, 2.05) is 0 Å². The van der Waals surface area contributed by atoms with E-state index in [1.165, 1.54) is 51.4 Å². The van der Waals surface area contributed by atoms with Gasteiger partial charge in [-0.25, -0.2) is 0 Å². The van der Waals surface area contributed by atoms with Crippen molar-refractivity contribution >= 4 is 0 Å². The van der Waals surface area contributed by atoms with Gasteiger partial charge >= 0.3 is 0 Å². The Hall–Kier alpha value is -0.0400. The van der Waals surface area contributed by atoms with Crippen molar-refractivity contribution in [2.75, 3.05) is 0 Å². The Morgan fingerprint density at radius 2 is 2.00 bits per heavy atom. The van der Waals surface area contributed by atoms with E-state index in [-0.39, 0.29) is 5.60 Å². The first kappa shape index (κ1) is 12.0. The van der Waals surface area contributed by atoms with Gasteiger partial charge in [-0.05, 0) is 62.2 Å². The van der Waals surface area contributed by atoms with Crippen molar-refractivity contribution in [2.45, 2.75) is 76.7 Å². The van der Waals surface area contributed by atoms with Gasteiger partial charge in [0.25, 0.3) is 0 Å². The molecule has 1 heteroatoms. The summed E-state index contributed by atoms with van der Waals surface area (Å²) < 4.78 is 0. The van der Waals surface area contributed by atoms with Crippen LogP contribution in [0.1, 0.15) is 71.1 Å². The molecule has 1 nitrogen and oxygen atoms in total. The molecular formula is C16H28O. The third-order valence-corrected chi connectivity index (χ3v) is 6.17. The zero-order valence-electron chi connectivity index (χ0n) is 11.3. The average molecular weight is 236 g/mol. The van der Waals surface area contributed by atoms with Crippen LogP contribution >= 0.6 is 0 Å². The van der Waals surface area contributed by atoms with Crippen LogP contribution in [0, 0.1) is 23.7 Å². The lowest BCUT2D eigenvalue weighted by Gasteiger charge is -2.42. The molecule has 0 aromatic rings. The van der Waals surface area contributed by atoms with Crippen LogP contribution in [0.15, 0.2) is 0 Å². The molecule has 0 heterocycles. The van der Waals surface area contributed by atoms with E-state index in [9.17, 15) is 5.11 Å². The summed E-state index contributed by atoms with van der Waals surface area (Å²) in [6.45, 7) is 2.27. The molecule has 3 aliphatic carbocycles. The van der Waals surface area contributed by atoms with Gasteiger partial charge in [0.2, 0.25) is 0 Å². The maximum Gasteiger partial charge on any atom is 0.0678 e. The summed E-state index contributed by atoms with van der Waals surface area (Å²) in [7, 11) is 0. The molecule has 1 N–H and O–H groups in total. The molecule has 98 valence electrons. The molecule has 3 fully saturated rings. The fraction of sp³-hybridized carbons (Fsp3) is 1.00. The third kappa shape index (κ3) is 2.16. The lowest BCUT2D eigenvalue weighted by Crippen LogP contribution is -2.42. The predicted octanol–water partition coefficient (Wildman–Crippen LogP) is 4.14. The number of hydrogen-bond acceptors (Lipinski definition) is 1. The van der Waals surface area contributed by atoms with Crippen molar-refractivity contribution in [3.63, 3.8) is 0 Å². The summed E-state index contributed by atoms with van der Waals surface area (Å²) in [5, 5.41) is 11.0. The molecule has 2 bridgehead atoms. The molecule has 0 aliphatic heterocycles.